The fourth-order valence-corrected chi connectivity index (χ4v) is 1.57. The van der Waals surface area contributed by atoms with Gasteiger partial charge >= 0.3 is 17.3 Å². The van der Waals surface area contributed by atoms with E-state index in [-0.39, 0.29) is 5.56 Å². The third kappa shape index (κ3) is 1.78. The van der Waals surface area contributed by atoms with Crippen LogP contribution < -0.4 is 11.4 Å². The predicted molar refractivity (Wildman–Crippen MR) is 58.7 cm³/mol. The molecule has 1 aromatic carbocycles. The number of nitrogens with zero attached hydrogens (tertiary/aromatic N) is 1. The Balaban J connectivity index is 2.67. The molecule has 0 unspecified atom stereocenters. The first kappa shape index (κ1) is 10.9. The molecule has 2 rings (SSSR count). The van der Waals surface area contributed by atoms with Crippen LogP contribution in [0, 0.1) is 6.92 Å². The van der Waals surface area contributed by atoms with Gasteiger partial charge in [0.25, 0.3) is 0 Å². The molecule has 1 heterocycles. The normalized spacial score (nSPS) is 10.4. The van der Waals surface area contributed by atoms with Gasteiger partial charge in [0.1, 0.15) is 0 Å². The number of hydrogen-bond acceptors (Lipinski definition) is 3. The third-order valence-corrected chi connectivity index (χ3v) is 2.37. The Morgan fingerprint density at radius 3 is 2.29 bits per heavy atom. The molecular formula is C10H9N3O4. The summed E-state index contributed by atoms with van der Waals surface area (Å²) in [6, 6.07) is 4.16. The van der Waals surface area contributed by atoms with Crippen LogP contribution in [0.1, 0.15) is 15.9 Å². The molecule has 0 saturated carbocycles. The van der Waals surface area contributed by atoms with Crippen LogP contribution in [0.25, 0.3) is 5.69 Å². The summed E-state index contributed by atoms with van der Waals surface area (Å²) in [5.74, 6) is -1.06. The van der Waals surface area contributed by atoms with Gasteiger partial charge in [0.15, 0.2) is 0 Å². The van der Waals surface area contributed by atoms with E-state index >= 15 is 0 Å². The first-order valence-corrected chi connectivity index (χ1v) is 4.74. The molecule has 0 bridgehead atoms. The highest BCUT2D eigenvalue weighted by Crippen LogP contribution is 2.12. The topological polar surface area (TPSA) is 108 Å². The molecule has 0 amide bonds. The maximum Gasteiger partial charge on any atom is 0.348 e. The molecule has 0 aliphatic carbocycles. The second-order valence-electron chi connectivity index (χ2n) is 3.50. The fourth-order valence-electron chi connectivity index (χ4n) is 1.57. The molecule has 0 spiro atoms. The molecule has 0 atom stereocenters. The number of nitrogens with one attached hydrogen (secondary N) is 2. The number of rotatable bonds is 2. The van der Waals surface area contributed by atoms with E-state index in [1.54, 1.807) is 6.92 Å². The van der Waals surface area contributed by atoms with Crippen molar-refractivity contribution in [1.29, 1.82) is 0 Å². The zero-order valence-corrected chi connectivity index (χ0v) is 8.85. The average Bonchev–Trinajstić information content (AvgIpc) is 2.59. The number of carbonyl (C=O) groups is 1. The van der Waals surface area contributed by atoms with Crippen LogP contribution in [0.3, 0.4) is 0 Å². The highest BCUT2D eigenvalue weighted by Gasteiger charge is 2.11. The van der Waals surface area contributed by atoms with Crippen molar-refractivity contribution in [2.24, 2.45) is 0 Å². The van der Waals surface area contributed by atoms with Crippen molar-refractivity contribution in [3.05, 3.63) is 50.3 Å². The molecule has 0 aliphatic heterocycles. The number of carboxylic acids is 1. The quantitative estimate of drug-likeness (QED) is 0.673. The first-order chi connectivity index (χ1) is 8.00. The van der Waals surface area contributed by atoms with Gasteiger partial charge < -0.3 is 5.11 Å². The number of aromatic nitrogens is 3. The highest BCUT2D eigenvalue weighted by molar-refractivity contribution is 5.88. The lowest BCUT2D eigenvalue weighted by molar-refractivity contribution is 0.0697. The van der Waals surface area contributed by atoms with Crippen LogP contribution in [0.5, 0.6) is 0 Å². The number of H-pyrrole nitrogens is 2. The van der Waals surface area contributed by atoms with E-state index in [2.05, 4.69) is 10.2 Å². The largest absolute Gasteiger partial charge is 0.478 e. The number of carboxylic acid groups (broad SMARTS) is 1. The SMILES string of the molecule is Cc1cc(C(=O)O)ccc1-n1c(=O)[nH][nH]c1=O. The Bertz CT molecular complexity index is 665. The van der Waals surface area contributed by atoms with Crippen LogP contribution in [0.4, 0.5) is 0 Å². The van der Waals surface area contributed by atoms with Crippen molar-refractivity contribution in [2.45, 2.75) is 6.92 Å². The minimum atomic E-state index is -1.06. The van der Waals surface area contributed by atoms with Crippen LogP contribution >= 0.6 is 0 Å². The zero-order valence-electron chi connectivity index (χ0n) is 8.85. The van der Waals surface area contributed by atoms with Gasteiger partial charge in [0.2, 0.25) is 0 Å². The lowest BCUT2D eigenvalue weighted by Crippen LogP contribution is -2.25. The van der Waals surface area contributed by atoms with Crippen molar-refractivity contribution in [1.82, 2.24) is 14.8 Å². The molecule has 0 fully saturated rings. The van der Waals surface area contributed by atoms with E-state index < -0.39 is 17.3 Å². The molecule has 7 nitrogen and oxygen atoms in total. The summed E-state index contributed by atoms with van der Waals surface area (Å²) < 4.78 is 0.904. The summed E-state index contributed by atoms with van der Waals surface area (Å²) in [5.41, 5.74) is -0.215. The molecule has 0 radical (unpaired) electrons. The van der Waals surface area contributed by atoms with Gasteiger partial charge in [-0.1, -0.05) is 0 Å². The van der Waals surface area contributed by atoms with Crippen LogP contribution in [-0.4, -0.2) is 25.8 Å². The van der Waals surface area contributed by atoms with E-state index in [1.807, 2.05) is 0 Å². The molecule has 17 heavy (non-hydrogen) atoms. The Morgan fingerprint density at radius 2 is 1.82 bits per heavy atom. The lowest BCUT2D eigenvalue weighted by Gasteiger charge is -2.05. The van der Waals surface area contributed by atoms with Crippen molar-refractivity contribution >= 4 is 5.97 Å². The van der Waals surface area contributed by atoms with Crippen molar-refractivity contribution < 1.29 is 9.90 Å². The summed E-state index contributed by atoms with van der Waals surface area (Å²) in [4.78, 5) is 33.5. The number of hydrogen-bond donors (Lipinski definition) is 3. The first-order valence-electron chi connectivity index (χ1n) is 4.74. The number of aromatic carboxylic acids is 1. The van der Waals surface area contributed by atoms with E-state index in [4.69, 9.17) is 5.11 Å². The molecule has 2 aromatic rings. The third-order valence-electron chi connectivity index (χ3n) is 2.37. The van der Waals surface area contributed by atoms with E-state index in [9.17, 15) is 14.4 Å². The molecule has 7 heteroatoms. The van der Waals surface area contributed by atoms with Crippen LogP contribution in [-0.2, 0) is 0 Å². The Hall–Kier alpha value is -2.57. The Labute approximate surface area is 94.3 Å². The summed E-state index contributed by atoms with van der Waals surface area (Å²) in [7, 11) is 0. The zero-order chi connectivity index (χ0) is 12.6. The molecule has 0 aliphatic rings. The second-order valence-corrected chi connectivity index (χ2v) is 3.50. The van der Waals surface area contributed by atoms with Crippen molar-refractivity contribution in [3.63, 3.8) is 0 Å². The number of aromatic amines is 2. The van der Waals surface area contributed by atoms with Gasteiger partial charge in [-0.2, -0.15) is 0 Å². The Kier molecular flexibility index (Phi) is 2.43. The molecular weight excluding hydrogens is 226 g/mol. The standard InChI is InChI=1S/C10H9N3O4/c1-5-4-6(8(14)15)2-3-7(5)13-9(16)11-12-10(13)17/h2-4H,1H3,(H,11,16)(H,12,17)(H,14,15). The summed E-state index contributed by atoms with van der Waals surface area (Å²) in [6.07, 6.45) is 0. The summed E-state index contributed by atoms with van der Waals surface area (Å²) in [5, 5.41) is 13.1. The molecule has 1 aromatic heterocycles. The van der Waals surface area contributed by atoms with Gasteiger partial charge in [-0.05, 0) is 30.7 Å². The number of aryl methyl sites for hydroxylation is 1. The van der Waals surface area contributed by atoms with Crippen molar-refractivity contribution in [3.8, 4) is 5.69 Å². The average molecular weight is 235 g/mol. The van der Waals surface area contributed by atoms with E-state index in [0.717, 1.165) is 4.57 Å². The van der Waals surface area contributed by atoms with Gasteiger partial charge in [-0.25, -0.2) is 29.1 Å². The number of benzene rings is 1. The lowest BCUT2D eigenvalue weighted by atomic mass is 10.1. The summed E-state index contributed by atoms with van der Waals surface area (Å²) in [6.45, 7) is 1.63. The maximum atomic E-state index is 11.4. The van der Waals surface area contributed by atoms with E-state index in [1.165, 1.54) is 18.2 Å². The van der Waals surface area contributed by atoms with Crippen LogP contribution in [0.15, 0.2) is 27.8 Å². The predicted octanol–water partition coefficient (Wildman–Crippen LogP) is -0.139. The van der Waals surface area contributed by atoms with Gasteiger partial charge in [0, 0.05) is 0 Å². The highest BCUT2D eigenvalue weighted by atomic mass is 16.4. The fraction of sp³-hybridized carbons (Fsp3) is 0.100. The van der Waals surface area contributed by atoms with Gasteiger partial charge in [-0.3, -0.25) is 0 Å². The monoisotopic (exact) mass is 235 g/mol. The van der Waals surface area contributed by atoms with E-state index in [0.29, 0.717) is 11.3 Å². The van der Waals surface area contributed by atoms with Gasteiger partial charge in [0.05, 0.1) is 11.3 Å². The molecule has 0 saturated heterocycles. The minimum Gasteiger partial charge on any atom is -0.478 e. The van der Waals surface area contributed by atoms with Crippen molar-refractivity contribution in [2.75, 3.05) is 0 Å². The van der Waals surface area contributed by atoms with Crippen LogP contribution in [0.2, 0.25) is 0 Å². The molecule has 3 N–H and O–H groups in total. The minimum absolute atomic E-state index is 0.103. The molecule has 88 valence electrons. The summed E-state index contributed by atoms with van der Waals surface area (Å²) >= 11 is 0. The maximum absolute atomic E-state index is 11.4. The smallest absolute Gasteiger partial charge is 0.348 e. The Morgan fingerprint density at radius 1 is 1.24 bits per heavy atom. The second kappa shape index (κ2) is 3.78. The van der Waals surface area contributed by atoms with Gasteiger partial charge in [-0.15, -0.1) is 0 Å².